The highest BCUT2D eigenvalue weighted by atomic mass is 32.1. The van der Waals surface area contributed by atoms with E-state index < -0.39 is 6.09 Å². The average Bonchev–Trinajstić information content (AvgIpc) is 2.30. The summed E-state index contributed by atoms with van der Waals surface area (Å²) in [4.78, 5) is 16.1. The third kappa shape index (κ3) is 5.29. The lowest BCUT2D eigenvalue weighted by molar-refractivity contribution is 0.151. The smallest absolute Gasteiger partial charge is 0.407 e. The van der Waals surface area contributed by atoms with Gasteiger partial charge >= 0.3 is 6.09 Å². The predicted molar refractivity (Wildman–Crippen MR) is 70.7 cm³/mol. The van der Waals surface area contributed by atoms with Crippen LogP contribution in [0.3, 0.4) is 0 Å². The molecule has 1 fully saturated rings. The maximum atomic E-state index is 10.8. The van der Waals surface area contributed by atoms with Crippen LogP contribution in [0, 0.1) is 5.92 Å². The number of carbonyl (C=O) groups is 1. The van der Waals surface area contributed by atoms with E-state index in [1.165, 1.54) is 37.0 Å². The van der Waals surface area contributed by atoms with Crippen LogP contribution in [0.25, 0.3) is 0 Å². The van der Waals surface area contributed by atoms with Crippen molar-refractivity contribution in [1.29, 1.82) is 0 Å². The molecule has 1 aliphatic carbocycles. The van der Waals surface area contributed by atoms with Crippen molar-refractivity contribution < 1.29 is 9.90 Å². The van der Waals surface area contributed by atoms with E-state index in [1.807, 2.05) is 0 Å². The van der Waals surface area contributed by atoms with E-state index in [0.717, 1.165) is 6.42 Å². The van der Waals surface area contributed by atoms with Gasteiger partial charge in [-0.05, 0) is 24.6 Å². The largest absolute Gasteiger partial charge is 0.465 e. The molecule has 0 aromatic rings. The molecule has 0 aromatic carbocycles. The van der Waals surface area contributed by atoms with Crippen molar-refractivity contribution in [2.24, 2.45) is 10.9 Å². The Morgan fingerprint density at radius 3 is 2.71 bits per heavy atom. The molecule has 1 atom stereocenters. The maximum absolute atomic E-state index is 10.8. The Bertz CT molecular complexity index is 297. The van der Waals surface area contributed by atoms with Gasteiger partial charge in [0, 0.05) is 13.6 Å². The average molecular weight is 256 g/mol. The molecule has 0 saturated heterocycles. The number of amides is 1. The molecule has 1 aliphatic rings. The Labute approximate surface area is 108 Å². The quantitative estimate of drug-likeness (QED) is 0.607. The third-order valence-corrected chi connectivity index (χ3v) is 3.48. The van der Waals surface area contributed by atoms with Crippen molar-refractivity contribution in [3.05, 3.63) is 0 Å². The Kier molecular flexibility index (Phi) is 6.16. The molecule has 17 heavy (non-hydrogen) atoms. The summed E-state index contributed by atoms with van der Waals surface area (Å²) in [5, 5.41) is 11.2. The summed E-state index contributed by atoms with van der Waals surface area (Å²) in [5.41, 5.74) is 0. The highest BCUT2D eigenvalue weighted by molar-refractivity contribution is 7.78. The number of aliphatic imine (C=N–C) groups is 1. The summed E-state index contributed by atoms with van der Waals surface area (Å²) in [6.07, 6.45) is 6.38. The van der Waals surface area contributed by atoms with Gasteiger partial charge in [-0.1, -0.05) is 32.1 Å². The van der Waals surface area contributed by atoms with Crippen molar-refractivity contribution in [3.8, 4) is 0 Å². The second-order valence-electron chi connectivity index (χ2n) is 4.78. The summed E-state index contributed by atoms with van der Waals surface area (Å²) in [6, 6.07) is -0.0308. The van der Waals surface area contributed by atoms with E-state index in [4.69, 9.17) is 5.11 Å². The van der Waals surface area contributed by atoms with Gasteiger partial charge in [0.2, 0.25) is 0 Å². The van der Waals surface area contributed by atoms with Gasteiger partial charge in [-0.15, -0.1) is 0 Å². The molecule has 0 aliphatic heterocycles. The fourth-order valence-corrected chi connectivity index (χ4v) is 2.59. The van der Waals surface area contributed by atoms with Gasteiger partial charge < -0.3 is 10.0 Å². The Morgan fingerprint density at radius 2 is 2.18 bits per heavy atom. The Morgan fingerprint density at radius 1 is 1.53 bits per heavy atom. The topological polar surface area (TPSA) is 52.9 Å². The number of thiocarbonyl (C=S) groups is 1. The molecular weight excluding hydrogens is 236 g/mol. The molecule has 4 nitrogen and oxygen atoms in total. The van der Waals surface area contributed by atoms with Gasteiger partial charge in [0.25, 0.3) is 0 Å². The molecule has 0 aromatic heterocycles. The van der Waals surface area contributed by atoms with Gasteiger partial charge in [0.15, 0.2) is 0 Å². The van der Waals surface area contributed by atoms with Crippen LogP contribution in [0.2, 0.25) is 0 Å². The second-order valence-corrected chi connectivity index (χ2v) is 4.96. The lowest BCUT2D eigenvalue weighted by atomic mass is 9.85. The lowest BCUT2D eigenvalue weighted by Crippen LogP contribution is -2.33. The van der Waals surface area contributed by atoms with Crippen LogP contribution in [-0.4, -0.2) is 40.9 Å². The molecule has 0 heterocycles. The highest BCUT2D eigenvalue weighted by Crippen LogP contribution is 2.28. The van der Waals surface area contributed by atoms with Crippen LogP contribution in [0.4, 0.5) is 4.79 Å². The minimum Gasteiger partial charge on any atom is -0.465 e. The number of isothiocyanates is 1. The fraction of sp³-hybridized carbons (Fsp3) is 0.833. The van der Waals surface area contributed by atoms with E-state index in [0.29, 0.717) is 12.5 Å². The molecule has 5 heteroatoms. The SMILES string of the molecule is CN(C[C@H](CC1CCCCC1)N=C=S)C(=O)O. The van der Waals surface area contributed by atoms with Crippen molar-refractivity contribution in [2.45, 2.75) is 44.6 Å². The fourth-order valence-electron chi connectivity index (χ4n) is 2.44. The zero-order chi connectivity index (χ0) is 12.7. The van der Waals surface area contributed by atoms with Gasteiger partial charge in [0.05, 0.1) is 11.2 Å². The van der Waals surface area contributed by atoms with Gasteiger partial charge in [-0.2, -0.15) is 0 Å². The molecule has 0 spiro atoms. The number of carboxylic acid groups (broad SMARTS) is 1. The van der Waals surface area contributed by atoms with Crippen molar-refractivity contribution in [2.75, 3.05) is 13.6 Å². The summed E-state index contributed by atoms with van der Waals surface area (Å²) in [6.45, 7) is 0.412. The monoisotopic (exact) mass is 256 g/mol. The summed E-state index contributed by atoms with van der Waals surface area (Å²) >= 11 is 4.63. The normalized spacial score (nSPS) is 18.2. The van der Waals surface area contributed by atoms with Gasteiger partial charge in [0.1, 0.15) is 0 Å². The standard InChI is InChI=1S/C12H20N2O2S/c1-14(12(15)16)8-11(13-9-17)7-10-5-3-2-4-6-10/h10-11H,2-8H2,1H3,(H,15,16)/t11-/m0/s1. The maximum Gasteiger partial charge on any atom is 0.407 e. The molecule has 1 N–H and O–H groups in total. The first kappa shape index (κ1) is 14.1. The van der Waals surface area contributed by atoms with Crippen LogP contribution in [-0.2, 0) is 0 Å². The summed E-state index contributed by atoms with van der Waals surface area (Å²) in [5.74, 6) is 0.669. The zero-order valence-corrected chi connectivity index (χ0v) is 11.1. The van der Waals surface area contributed by atoms with Crippen LogP contribution in [0.15, 0.2) is 4.99 Å². The van der Waals surface area contributed by atoms with E-state index in [2.05, 4.69) is 22.4 Å². The van der Waals surface area contributed by atoms with Crippen LogP contribution in [0.1, 0.15) is 38.5 Å². The number of nitrogens with zero attached hydrogens (tertiary/aromatic N) is 2. The minimum absolute atomic E-state index is 0.0308. The molecule has 0 unspecified atom stereocenters. The first-order valence-corrected chi connectivity index (χ1v) is 6.55. The minimum atomic E-state index is -0.918. The molecule has 0 bridgehead atoms. The van der Waals surface area contributed by atoms with Gasteiger partial charge in [-0.3, -0.25) is 0 Å². The highest BCUT2D eigenvalue weighted by Gasteiger charge is 2.20. The van der Waals surface area contributed by atoms with E-state index in [-0.39, 0.29) is 6.04 Å². The molecular formula is C12H20N2O2S. The Balaban J connectivity index is 2.47. The molecule has 1 amide bonds. The van der Waals surface area contributed by atoms with E-state index in [9.17, 15) is 4.79 Å². The molecule has 1 rings (SSSR count). The summed E-state index contributed by atoms with van der Waals surface area (Å²) < 4.78 is 0. The third-order valence-electron chi connectivity index (χ3n) is 3.38. The van der Waals surface area contributed by atoms with E-state index in [1.54, 1.807) is 7.05 Å². The number of rotatable bonds is 5. The van der Waals surface area contributed by atoms with E-state index >= 15 is 0 Å². The second kappa shape index (κ2) is 7.41. The van der Waals surface area contributed by atoms with Crippen molar-refractivity contribution >= 4 is 23.5 Å². The number of hydrogen-bond acceptors (Lipinski definition) is 3. The first-order chi connectivity index (χ1) is 8.13. The molecule has 1 saturated carbocycles. The number of likely N-dealkylation sites (N-methyl/N-ethyl adjacent to an activating group) is 1. The predicted octanol–water partition coefficient (Wildman–Crippen LogP) is 3.04. The number of hydrogen-bond donors (Lipinski definition) is 1. The van der Waals surface area contributed by atoms with Crippen molar-refractivity contribution in [3.63, 3.8) is 0 Å². The molecule has 0 radical (unpaired) electrons. The zero-order valence-electron chi connectivity index (χ0n) is 10.3. The molecule has 96 valence electrons. The lowest BCUT2D eigenvalue weighted by Gasteiger charge is -2.25. The van der Waals surface area contributed by atoms with Crippen molar-refractivity contribution in [1.82, 2.24) is 4.90 Å². The Hall–Kier alpha value is -0.930. The van der Waals surface area contributed by atoms with Crippen LogP contribution < -0.4 is 0 Å². The van der Waals surface area contributed by atoms with Crippen LogP contribution in [0.5, 0.6) is 0 Å². The van der Waals surface area contributed by atoms with Gasteiger partial charge in [-0.25, -0.2) is 9.79 Å². The van der Waals surface area contributed by atoms with Crippen LogP contribution >= 0.6 is 12.2 Å². The first-order valence-electron chi connectivity index (χ1n) is 6.14. The summed E-state index contributed by atoms with van der Waals surface area (Å²) in [7, 11) is 1.56.